The lowest BCUT2D eigenvalue weighted by Crippen LogP contribution is -2.47. The number of amides is 1. The second-order valence-electron chi connectivity index (χ2n) is 6.29. The molecule has 4 nitrogen and oxygen atoms in total. The molecule has 0 aliphatic carbocycles. The van der Waals surface area contributed by atoms with Gasteiger partial charge in [0.05, 0.1) is 17.5 Å². The van der Waals surface area contributed by atoms with E-state index in [1.807, 2.05) is 6.92 Å². The summed E-state index contributed by atoms with van der Waals surface area (Å²) in [5.41, 5.74) is 0.00190. The monoisotopic (exact) mass is 353 g/mol. The number of ether oxygens (including phenoxy) is 1. The summed E-state index contributed by atoms with van der Waals surface area (Å²) in [7, 11) is 0. The summed E-state index contributed by atoms with van der Waals surface area (Å²) in [5, 5.41) is -0.142. The number of hydrogen-bond acceptors (Lipinski definition) is 4. The van der Waals surface area contributed by atoms with Crippen LogP contribution >= 0.6 is 11.8 Å². The standard InChI is InChI=1S/C18H24FNO3S/c1-4-9-23-18(22)15-11-24-16(10-12(2)3)20(15)17(21)13-7-5-6-8-14(13)19/h5-8,12,15-16H,4,9-11H2,1-3H3. The Morgan fingerprint density at radius 2 is 2.08 bits per heavy atom. The van der Waals surface area contributed by atoms with Crippen LogP contribution in [-0.2, 0) is 9.53 Å². The molecule has 0 aromatic heterocycles. The van der Waals surface area contributed by atoms with Crippen LogP contribution in [0.1, 0.15) is 44.0 Å². The summed E-state index contributed by atoms with van der Waals surface area (Å²) in [6.45, 7) is 6.38. The van der Waals surface area contributed by atoms with E-state index in [0.29, 0.717) is 18.3 Å². The van der Waals surface area contributed by atoms with Crippen molar-refractivity contribution < 1.29 is 18.7 Å². The largest absolute Gasteiger partial charge is 0.464 e. The van der Waals surface area contributed by atoms with Gasteiger partial charge >= 0.3 is 5.97 Å². The Balaban J connectivity index is 2.27. The van der Waals surface area contributed by atoms with Gasteiger partial charge in [0.1, 0.15) is 11.9 Å². The summed E-state index contributed by atoms with van der Waals surface area (Å²) in [5.74, 6) is -0.560. The molecule has 1 amide bonds. The van der Waals surface area contributed by atoms with Gasteiger partial charge in [-0.15, -0.1) is 11.8 Å². The molecule has 1 heterocycles. The summed E-state index contributed by atoms with van der Waals surface area (Å²) >= 11 is 1.56. The maximum atomic E-state index is 14.0. The fourth-order valence-electron chi connectivity index (χ4n) is 2.67. The first kappa shape index (κ1) is 18.8. The molecule has 2 unspecified atom stereocenters. The molecule has 1 aliphatic heterocycles. The van der Waals surface area contributed by atoms with Gasteiger partial charge in [0.15, 0.2) is 0 Å². The number of thioether (sulfide) groups is 1. The molecule has 0 bridgehead atoms. The lowest BCUT2D eigenvalue weighted by atomic mass is 10.1. The number of carbonyl (C=O) groups excluding carboxylic acids is 2. The molecular weight excluding hydrogens is 329 g/mol. The van der Waals surface area contributed by atoms with Crippen LogP contribution in [0.15, 0.2) is 24.3 Å². The van der Waals surface area contributed by atoms with Crippen molar-refractivity contribution in [2.75, 3.05) is 12.4 Å². The maximum absolute atomic E-state index is 14.0. The number of esters is 1. The molecule has 2 atom stereocenters. The molecule has 0 N–H and O–H groups in total. The maximum Gasteiger partial charge on any atom is 0.329 e. The molecule has 0 saturated carbocycles. The number of rotatable bonds is 6. The smallest absolute Gasteiger partial charge is 0.329 e. The molecule has 24 heavy (non-hydrogen) atoms. The molecule has 1 aromatic carbocycles. The first-order chi connectivity index (χ1) is 11.5. The molecule has 1 aliphatic rings. The van der Waals surface area contributed by atoms with Crippen LogP contribution in [-0.4, -0.2) is 40.6 Å². The van der Waals surface area contributed by atoms with Gasteiger partial charge in [-0.25, -0.2) is 9.18 Å². The van der Waals surface area contributed by atoms with Crippen molar-refractivity contribution in [2.45, 2.75) is 45.0 Å². The fraction of sp³-hybridized carbons (Fsp3) is 0.556. The quantitative estimate of drug-likeness (QED) is 0.732. The Hall–Kier alpha value is -1.56. The molecule has 1 saturated heterocycles. The molecular formula is C18H24FNO3S. The van der Waals surface area contributed by atoms with Crippen molar-refractivity contribution in [3.63, 3.8) is 0 Å². The van der Waals surface area contributed by atoms with Crippen molar-refractivity contribution in [3.05, 3.63) is 35.6 Å². The van der Waals surface area contributed by atoms with E-state index in [1.165, 1.54) is 17.0 Å². The average molecular weight is 353 g/mol. The van der Waals surface area contributed by atoms with Crippen LogP contribution in [0.4, 0.5) is 4.39 Å². The number of halogens is 1. The summed E-state index contributed by atoms with van der Waals surface area (Å²) < 4.78 is 19.3. The van der Waals surface area contributed by atoms with E-state index in [2.05, 4.69) is 13.8 Å². The molecule has 1 fully saturated rings. The zero-order valence-corrected chi connectivity index (χ0v) is 15.1. The predicted octanol–water partition coefficient (Wildman–Crippen LogP) is 3.71. The predicted molar refractivity (Wildman–Crippen MR) is 93.3 cm³/mol. The molecule has 2 rings (SSSR count). The second kappa shape index (κ2) is 8.51. The Bertz CT molecular complexity index is 593. The molecule has 1 aromatic rings. The second-order valence-corrected chi connectivity index (χ2v) is 7.50. The van der Waals surface area contributed by atoms with E-state index in [4.69, 9.17) is 4.74 Å². The number of benzene rings is 1. The molecule has 0 spiro atoms. The van der Waals surface area contributed by atoms with Crippen LogP contribution in [0.25, 0.3) is 0 Å². The summed E-state index contributed by atoms with van der Waals surface area (Å²) in [6.07, 6.45) is 1.48. The molecule has 0 radical (unpaired) electrons. The molecule has 132 valence electrons. The third-order valence-electron chi connectivity index (χ3n) is 3.82. The normalized spacial score (nSPS) is 20.5. The summed E-state index contributed by atoms with van der Waals surface area (Å²) in [6, 6.07) is 5.24. The van der Waals surface area contributed by atoms with Crippen LogP contribution in [0.2, 0.25) is 0 Å². The van der Waals surface area contributed by atoms with Gasteiger partial charge in [0.25, 0.3) is 5.91 Å². The minimum atomic E-state index is -0.655. The lowest BCUT2D eigenvalue weighted by Gasteiger charge is -2.29. The number of nitrogens with zero attached hydrogens (tertiary/aromatic N) is 1. The Morgan fingerprint density at radius 3 is 2.71 bits per heavy atom. The van der Waals surface area contributed by atoms with E-state index in [-0.39, 0.29) is 10.9 Å². The first-order valence-corrected chi connectivity index (χ1v) is 9.36. The zero-order chi connectivity index (χ0) is 17.7. The van der Waals surface area contributed by atoms with Gasteiger partial charge in [0.2, 0.25) is 0 Å². The van der Waals surface area contributed by atoms with Crippen molar-refractivity contribution in [1.29, 1.82) is 0 Å². The highest BCUT2D eigenvalue weighted by Gasteiger charge is 2.43. The van der Waals surface area contributed by atoms with Crippen LogP contribution in [0, 0.1) is 11.7 Å². The third-order valence-corrected chi connectivity index (χ3v) is 5.14. The van der Waals surface area contributed by atoms with Gasteiger partial charge in [-0.3, -0.25) is 4.79 Å². The van der Waals surface area contributed by atoms with Crippen LogP contribution < -0.4 is 0 Å². The van der Waals surface area contributed by atoms with Crippen molar-refractivity contribution >= 4 is 23.6 Å². The van der Waals surface area contributed by atoms with E-state index >= 15 is 0 Å². The zero-order valence-electron chi connectivity index (χ0n) is 14.3. The van der Waals surface area contributed by atoms with E-state index in [0.717, 1.165) is 12.8 Å². The highest BCUT2D eigenvalue weighted by Crippen LogP contribution is 2.35. The molecule has 6 heteroatoms. The van der Waals surface area contributed by atoms with Crippen molar-refractivity contribution in [1.82, 2.24) is 4.90 Å². The highest BCUT2D eigenvalue weighted by atomic mass is 32.2. The Kier molecular flexibility index (Phi) is 6.66. The topological polar surface area (TPSA) is 46.6 Å². The summed E-state index contributed by atoms with van der Waals surface area (Å²) in [4.78, 5) is 26.8. The van der Waals surface area contributed by atoms with Crippen molar-refractivity contribution in [3.8, 4) is 0 Å². The Labute approximate surface area is 146 Å². The number of hydrogen-bond donors (Lipinski definition) is 0. The van der Waals surface area contributed by atoms with Gasteiger partial charge in [-0.2, -0.15) is 0 Å². The third kappa shape index (κ3) is 4.29. The SMILES string of the molecule is CCCOC(=O)C1CSC(CC(C)C)N1C(=O)c1ccccc1F. The van der Waals surface area contributed by atoms with Gasteiger partial charge < -0.3 is 9.64 Å². The average Bonchev–Trinajstić information content (AvgIpc) is 2.95. The van der Waals surface area contributed by atoms with Crippen molar-refractivity contribution in [2.24, 2.45) is 5.92 Å². The number of carbonyl (C=O) groups is 2. The van der Waals surface area contributed by atoms with Gasteiger partial charge in [-0.1, -0.05) is 32.9 Å². The van der Waals surface area contributed by atoms with E-state index < -0.39 is 23.7 Å². The van der Waals surface area contributed by atoms with Crippen LogP contribution in [0.5, 0.6) is 0 Å². The van der Waals surface area contributed by atoms with Gasteiger partial charge in [0, 0.05) is 5.75 Å². The highest BCUT2D eigenvalue weighted by molar-refractivity contribution is 8.00. The minimum Gasteiger partial charge on any atom is -0.464 e. The van der Waals surface area contributed by atoms with Gasteiger partial charge in [-0.05, 0) is 30.9 Å². The van der Waals surface area contributed by atoms with E-state index in [1.54, 1.807) is 23.9 Å². The Morgan fingerprint density at radius 1 is 1.38 bits per heavy atom. The van der Waals surface area contributed by atoms with E-state index in [9.17, 15) is 14.0 Å². The fourth-order valence-corrected chi connectivity index (χ4v) is 4.30. The lowest BCUT2D eigenvalue weighted by molar-refractivity contribution is -0.148. The minimum absolute atomic E-state index is 0.00190. The first-order valence-electron chi connectivity index (χ1n) is 8.31. The van der Waals surface area contributed by atoms with Crippen LogP contribution in [0.3, 0.4) is 0 Å².